The van der Waals surface area contributed by atoms with Crippen LogP contribution in [0.2, 0.25) is 0 Å². The second-order valence-corrected chi connectivity index (χ2v) is 5.33. The third-order valence-electron chi connectivity index (χ3n) is 3.92. The third kappa shape index (κ3) is 1.89. The van der Waals surface area contributed by atoms with Crippen LogP contribution in [-0.4, -0.2) is 21.4 Å². The molecule has 2 aromatic heterocycles. The first-order chi connectivity index (χ1) is 10.2. The number of nitrogens with two attached hydrogens (primary N) is 1. The van der Waals surface area contributed by atoms with E-state index in [2.05, 4.69) is 22.2 Å². The highest BCUT2D eigenvalue weighted by atomic mass is 16.5. The van der Waals surface area contributed by atoms with Crippen LogP contribution in [-0.2, 0) is 17.8 Å². The number of rotatable bonds is 1. The summed E-state index contributed by atoms with van der Waals surface area (Å²) >= 11 is 0. The first kappa shape index (κ1) is 12.3. The standard InChI is InChI=1S/C16H16N4O/c1-10-5-6-11-3-2-4-14(15(11)18-10)20-13-7-8-21-9-12(13)16(17)19-20/h2-6H,7-9H2,1H3,(H2,17,19). The van der Waals surface area contributed by atoms with Gasteiger partial charge in [0.05, 0.1) is 30.1 Å². The summed E-state index contributed by atoms with van der Waals surface area (Å²) in [7, 11) is 0. The fraction of sp³-hybridized carbons (Fsp3) is 0.250. The van der Waals surface area contributed by atoms with Gasteiger partial charge in [-0.15, -0.1) is 5.10 Å². The summed E-state index contributed by atoms with van der Waals surface area (Å²) in [6.45, 7) is 3.24. The van der Waals surface area contributed by atoms with Crippen molar-refractivity contribution in [1.29, 1.82) is 0 Å². The van der Waals surface area contributed by atoms with E-state index < -0.39 is 0 Å². The summed E-state index contributed by atoms with van der Waals surface area (Å²) in [6.07, 6.45) is 0.821. The second kappa shape index (κ2) is 4.56. The van der Waals surface area contributed by atoms with Gasteiger partial charge >= 0.3 is 0 Å². The number of hydrogen-bond acceptors (Lipinski definition) is 4. The Morgan fingerprint density at radius 2 is 2.14 bits per heavy atom. The lowest BCUT2D eigenvalue weighted by atomic mass is 10.1. The third-order valence-corrected chi connectivity index (χ3v) is 3.92. The van der Waals surface area contributed by atoms with Crippen molar-refractivity contribution in [2.45, 2.75) is 20.0 Å². The number of fused-ring (bicyclic) bond motifs is 2. The van der Waals surface area contributed by atoms with Gasteiger partial charge in [0, 0.05) is 23.1 Å². The zero-order valence-electron chi connectivity index (χ0n) is 11.8. The van der Waals surface area contributed by atoms with Crippen LogP contribution in [0.4, 0.5) is 5.82 Å². The first-order valence-corrected chi connectivity index (χ1v) is 7.05. The fourth-order valence-electron chi connectivity index (χ4n) is 2.86. The van der Waals surface area contributed by atoms with Gasteiger partial charge in [0.15, 0.2) is 5.82 Å². The maximum Gasteiger partial charge on any atom is 0.151 e. The Labute approximate surface area is 122 Å². The van der Waals surface area contributed by atoms with Crippen molar-refractivity contribution in [3.63, 3.8) is 0 Å². The van der Waals surface area contributed by atoms with E-state index in [1.54, 1.807) is 0 Å². The molecule has 1 aliphatic rings. The molecule has 3 aromatic rings. The molecule has 3 heterocycles. The Morgan fingerprint density at radius 1 is 1.24 bits per heavy atom. The van der Waals surface area contributed by atoms with E-state index >= 15 is 0 Å². The summed E-state index contributed by atoms with van der Waals surface area (Å²) in [5, 5.41) is 5.62. The molecule has 1 aromatic carbocycles. The molecule has 2 N–H and O–H groups in total. The molecular weight excluding hydrogens is 264 g/mol. The molecule has 106 valence electrons. The van der Waals surface area contributed by atoms with E-state index in [9.17, 15) is 0 Å². The SMILES string of the molecule is Cc1ccc2cccc(-n3nc(N)c4c3CCOC4)c2n1. The molecule has 21 heavy (non-hydrogen) atoms. The number of anilines is 1. The molecule has 0 saturated carbocycles. The number of para-hydroxylation sites is 1. The molecule has 4 rings (SSSR count). The summed E-state index contributed by atoms with van der Waals surface area (Å²) in [5.41, 5.74) is 11.1. The van der Waals surface area contributed by atoms with E-state index in [-0.39, 0.29) is 0 Å². The highest BCUT2D eigenvalue weighted by Gasteiger charge is 2.21. The predicted octanol–water partition coefficient (Wildman–Crippen LogP) is 2.38. The largest absolute Gasteiger partial charge is 0.382 e. The van der Waals surface area contributed by atoms with E-state index in [1.165, 1.54) is 0 Å². The molecule has 0 bridgehead atoms. The predicted molar refractivity (Wildman–Crippen MR) is 81.4 cm³/mol. The van der Waals surface area contributed by atoms with Gasteiger partial charge in [-0.3, -0.25) is 4.98 Å². The maximum absolute atomic E-state index is 6.04. The number of ether oxygens (including phenoxy) is 1. The number of nitrogen functional groups attached to an aromatic ring is 1. The molecule has 0 amide bonds. The molecule has 0 saturated heterocycles. The molecule has 0 spiro atoms. The topological polar surface area (TPSA) is 66.0 Å². The number of pyridine rings is 1. The molecule has 0 fully saturated rings. The van der Waals surface area contributed by atoms with Gasteiger partial charge < -0.3 is 10.5 Å². The number of hydrogen-bond donors (Lipinski definition) is 1. The minimum atomic E-state index is 0.540. The van der Waals surface area contributed by atoms with Crippen molar-refractivity contribution < 1.29 is 4.74 Å². The van der Waals surface area contributed by atoms with Crippen LogP contribution in [0.1, 0.15) is 17.0 Å². The van der Waals surface area contributed by atoms with Crippen molar-refractivity contribution in [2.75, 3.05) is 12.3 Å². The summed E-state index contributed by atoms with van der Waals surface area (Å²) < 4.78 is 7.42. The van der Waals surface area contributed by atoms with Gasteiger partial charge in [0.2, 0.25) is 0 Å². The van der Waals surface area contributed by atoms with E-state index in [4.69, 9.17) is 10.5 Å². The molecule has 0 aliphatic carbocycles. The summed E-state index contributed by atoms with van der Waals surface area (Å²) in [6, 6.07) is 10.2. The van der Waals surface area contributed by atoms with Crippen LogP contribution in [0.15, 0.2) is 30.3 Å². The molecule has 5 nitrogen and oxygen atoms in total. The molecule has 1 aliphatic heterocycles. The highest BCUT2D eigenvalue weighted by Crippen LogP contribution is 2.28. The first-order valence-electron chi connectivity index (χ1n) is 7.05. The minimum absolute atomic E-state index is 0.540. The van der Waals surface area contributed by atoms with Crippen LogP contribution in [0.5, 0.6) is 0 Å². The Hall–Kier alpha value is -2.40. The molecule has 0 atom stereocenters. The fourth-order valence-corrected chi connectivity index (χ4v) is 2.86. The lowest BCUT2D eigenvalue weighted by Crippen LogP contribution is -2.13. The lowest BCUT2D eigenvalue weighted by Gasteiger charge is -2.15. The molecule has 0 unspecified atom stereocenters. The number of nitrogens with zero attached hydrogens (tertiary/aromatic N) is 3. The zero-order valence-corrected chi connectivity index (χ0v) is 11.8. The molecule has 5 heteroatoms. The monoisotopic (exact) mass is 280 g/mol. The highest BCUT2D eigenvalue weighted by molar-refractivity contribution is 5.86. The summed E-state index contributed by atoms with van der Waals surface area (Å²) in [4.78, 5) is 4.68. The lowest BCUT2D eigenvalue weighted by molar-refractivity contribution is 0.110. The Kier molecular flexibility index (Phi) is 2.68. The van der Waals surface area contributed by atoms with E-state index in [0.717, 1.165) is 40.0 Å². The normalized spacial score (nSPS) is 14.3. The van der Waals surface area contributed by atoms with Gasteiger partial charge in [0.1, 0.15) is 0 Å². The summed E-state index contributed by atoms with van der Waals surface area (Å²) in [5.74, 6) is 0.550. The molecule has 0 radical (unpaired) electrons. The van der Waals surface area contributed by atoms with Gasteiger partial charge in [-0.1, -0.05) is 18.2 Å². The van der Waals surface area contributed by atoms with Crippen LogP contribution in [0, 0.1) is 6.92 Å². The van der Waals surface area contributed by atoms with Crippen molar-refractivity contribution in [3.05, 3.63) is 47.3 Å². The Morgan fingerprint density at radius 3 is 3.05 bits per heavy atom. The van der Waals surface area contributed by atoms with Crippen LogP contribution in [0.3, 0.4) is 0 Å². The average Bonchev–Trinajstić information content (AvgIpc) is 2.84. The zero-order chi connectivity index (χ0) is 14.4. The average molecular weight is 280 g/mol. The Balaban J connectivity index is 2.01. The Bertz CT molecular complexity index is 838. The van der Waals surface area contributed by atoms with Crippen molar-refractivity contribution in [2.24, 2.45) is 0 Å². The smallest absolute Gasteiger partial charge is 0.151 e. The molecular formula is C16H16N4O. The maximum atomic E-state index is 6.04. The minimum Gasteiger partial charge on any atom is -0.382 e. The van der Waals surface area contributed by atoms with Gasteiger partial charge in [-0.25, -0.2) is 4.68 Å². The second-order valence-electron chi connectivity index (χ2n) is 5.33. The van der Waals surface area contributed by atoms with Crippen LogP contribution < -0.4 is 5.73 Å². The van der Waals surface area contributed by atoms with Crippen LogP contribution >= 0.6 is 0 Å². The quantitative estimate of drug-likeness (QED) is 0.743. The van der Waals surface area contributed by atoms with E-state index in [0.29, 0.717) is 19.0 Å². The number of benzene rings is 1. The van der Waals surface area contributed by atoms with Crippen LogP contribution in [0.25, 0.3) is 16.6 Å². The van der Waals surface area contributed by atoms with E-state index in [1.807, 2.05) is 29.8 Å². The number of aromatic nitrogens is 3. The van der Waals surface area contributed by atoms with Gasteiger partial charge in [-0.05, 0) is 19.1 Å². The van der Waals surface area contributed by atoms with Crippen molar-refractivity contribution in [3.8, 4) is 5.69 Å². The number of aryl methyl sites for hydroxylation is 1. The van der Waals surface area contributed by atoms with Gasteiger partial charge in [0.25, 0.3) is 0 Å². The van der Waals surface area contributed by atoms with Crippen molar-refractivity contribution in [1.82, 2.24) is 14.8 Å². The van der Waals surface area contributed by atoms with Gasteiger partial charge in [-0.2, -0.15) is 0 Å². The van der Waals surface area contributed by atoms with Crippen molar-refractivity contribution >= 4 is 16.7 Å².